The van der Waals surface area contributed by atoms with Gasteiger partial charge in [-0.15, -0.1) is 0 Å². The lowest BCUT2D eigenvalue weighted by Crippen LogP contribution is -2.30. The summed E-state index contributed by atoms with van der Waals surface area (Å²) in [6.07, 6.45) is -0.00133. The molecule has 2 aromatic carbocycles. The van der Waals surface area contributed by atoms with Gasteiger partial charge in [0.05, 0.1) is 24.1 Å². The Labute approximate surface area is 163 Å². The maximum absolute atomic E-state index is 13.7. The van der Waals surface area contributed by atoms with Crippen LogP contribution >= 0.6 is 11.6 Å². The van der Waals surface area contributed by atoms with Gasteiger partial charge in [-0.05, 0) is 49.7 Å². The van der Waals surface area contributed by atoms with E-state index >= 15 is 0 Å². The zero-order chi connectivity index (χ0) is 20.0. The van der Waals surface area contributed by atoms with Crippen LogP contribution in [0.25, 0.3) is 0 Å². The standard InChI is InChI=1S/C20H22ClFN2O3/c1-4-24(5-2)20(26)15-8-7-14(12-16(15)21)23-19(25)11-13-6-9-18(27-3)17(22)10-13/h6-10,12H,4-5,11H2,1-3H3,(H,23,25). The Balaban J connectivity index is 2.07. The average molecular weight is 393 g/mol. The van der Waals surface area contributed by atoms with Crippen LogP contribution in [-0.4, -0.2) is 36.9 Å². The van der Waals surface area contributed by atoms with Crippen LogP contribution in [0.3, 0.4) is 0 Å². The van der Waals surface area contributed by atoms with Gasteiger partial charge in [0.2, 0.25) is 5.91 Å². The molecule has 1 N–H and O–H groups in total. The van der Waals surface area contributed by atoms with Gasteiger partial charge in [-0.2, -0.15) is 0 Å². The van der Waals surface area contributed by atoms with Crippen molar-refractivity contribution in [2.75, 3.05) is 25.5 Å². The number of nitrogens with one attached hydrogen (secondary N) is 1. The summed E-state index contributed by atoms with van der Waals surface area (Å²) in [5.74, 6) is -0.875. The van der Waals surface area contributed by atoms with Crippen molar-refractivity contribution in [3.63, 3.8) is 0 Å². The first-order valence-electron chi connectivity index (χ1n) is 8.60. The quantitative estimate of drug-likeness (QED) is 0.770. The summed E-state index contributed by atoms with van der Waals surface area (Å²) in [6.45, 7) is 4.96. The van der Waals surface area contributed by atoms with E-state index < -0.39 is 5.82 Å². The number of carbonyl (C=O) groups is 2. The van der Waals surface area contributed by atoms with Gasteiger partial charge in [-0.3, -0.25) is 9.59 Å². The Bertz CT molecular complexity index is 838. The number of anilines is 1. The number of carbonyl (C=O) groups excluding carboxylic acids is 2. The maximum atomic E-state index is 13.7. The molecular formula is C20H22ClFN2O3. The number of benzene rings is 2. The highest BCUT2D eigenvalue weighted by Crippen LogP contribution is 2.23. The molecule has 7 heteroatoms. The van der Waals surface area contributed by atoms with Gasteiger partial charge in [-0.1, -0.05) is 17.7 Å². The van der Waals surface area contributed by atoms with E-state index in [0.29, 0.717) is 29.9 Å². The predicted molar refractivity (Wildman–Crippen MR) is 104 cm³/mol. The van der Waals surface area contributed by atoms with Crippen LogP contribution in [0.15, 0.2) is 36.4 Å². The van der Waals surface area contributed by atoms with Crippen molar-refractivity contribution in [3.8, 4) is 5.75 Å². The second kappa shape index (κ2) is 9.37. The van der Waals surface area contributed by atoms with Gasteiger partial charge in [0.15, 0.2) is 11.6 Å². The summed E-state index contributed by atoms with van der Waals surface area (Å²) in [4.78, 5) is 26.3. The fourth-order valence-corrected chi connectivity index (χ4v) is 2.92. The van der Waals surface area contributed by atoms with Crippen molar-refractivity contribution in [3.05, 3.63) is 58.4 Å². The van der Waals surface area contributed by atoms with E-state index in [1.807, 2.05) is 13.8 Å². The third-order valence-corrected chi connectivity index (χ3v) is 4.43. The van der Waals surface area contributed by atoms with Gasteiger partial charge in [0.25, 0.3) is 5.91 Å². The number of halogens is 2. The molecule has 0 atom stereocenters. The molecular weight excluding hydrogens is 371 g/mol. The lowest BCUT2D eigenvalue weighted by atomic mass is 10.1. The van der Waals surface area contributed by atoms with E-state index in [9.17, 15) is 14.0 Å². The maximum Gasteiger partial charge on any atom is 0.255 e. The molecule has 0 fully saturated rings. The van der Waals surface area contributed by atoms with Gasteiger partial charge in [-0.25, -0.2) is 4.39 Å². The molecule has 0 bridgehead atoms. The molecule has 0 aliphatic carbocycles. The van der Waals surface area contributed by atoms with Crippen molar-refractivity contribution in [1.82, 2.24) is 4.90 Å². The topological polar surface area (TPSA) is 58.6 Å². The lowest BCUT2D eigenvalue weighted by Gasteiger charge is -2.19. The van der Waals surface area contributed by atoms with Crippen molar-refractivity contribution in [1.29, 1.82) is 0 Å². The van der Waals surface area contributed by atoms with E-state index in [1.165, 1.54) is 25.3 Å². The van der Waals surface area contributed by atoms with E-state index in [1.54, 1.807) is 23.1 Å². The van der Waals surface area contributed by atoms with Crippen LogP contribution in [0.5, 0.6) is 5.75 Å². The number of hydrogen-bond acceptors (Lipinski definition) is 3. The molecule has 0 saturated carbocycles. The van der Waals surface area contributed by atoms with Crippen LogP contribution in [-0.2, 0) is 11.2 Å². The molecule has 0 saturated heterocycles. The van der Waals surface area contributed by atoms with Crippen molar-refractivity contribution < 1.29 is 18.7 Å². The zero-order valence-electron chi connectivity index (χ0n) is 15.5. The largest absolute Gasteiger partial charge is 0.494 e. The van der Waals surface area contributed by atoms with Crippen LogP contribution < -0.4 is 10.1 Å². The molecule has 2 rings (SSSR count). The van der Waals surface area contributed by atoms with E-state index in [4.69, 9.17) is 16.3 Å². The molecule has 2 amide bonds. The molecule has 0 radical (unpaired) electrons. The molecule has 0 heterocycles. The Morgan fingerprint density at radius 1 is 1.15 bits per heavy atom. The Morgan fingerprint density at radius 3 is 2.41 bits per heavy atom. The normalized spacial score (nSPS) is 10.4. The Kier molecular flexibility index (Phi) is 7.19. The second-order valence-electron chi connectivity index (χ2n) is 5.87. The Hall–Kier alpha value is -2.60. The molecule has 0 spiro atoms. The smallest absolute Gasteiger partial charge is 0.255 e. The van der Waals surface area contributed by atoms with Crippen LogP contribution in [0.2, 0.25) is 5.02 Å². The fourth-order valence-electron chi connectivity index (χ4n) is 2.66. The average Bonchev–Trinajstić information content (AvgIpc) is 2.62. The fraction of sp³-hybridized carbons (Fsp3) is 0.300. The first-order valence-corrected chi connectivity index (χ1v) is 8.98. The highest BCUT2D eigenvalue weighted by atomic mass is 35.5. The van der Waals surface area contributed by atoms with Gasteiger partial charge >= 0.3 is 0 Å². The molecule has 144 valence electrons. The minimum absolute atomic E-state index is 0.00133. The van der Waals surface area contributed by atoms with E-state index in [2.05, 4.69) is 5.32 Å². The summed E-state index contributed by atoms with van der Waals surface area (Å²) in [6, 6.07) is 9.10. The van der Waals surface area contributed by atoms with Crippen molar-refractivity contribution in [2.45, 2.75) is 20.3 Å². The second-order valence-corrected chi connectivity index (χ2v) is 6.27. The number of hydrogen-bond donors (Lipinski definition) is 1. The van der Waals surface area contributed by atoms with Crippen LogP contribution in [0, 0.1) is 5.82 Å². The molecule has 0 aromatic heterocycles. The molecule has 0 aliphatic heterocycles. The highest BCUT2D eigenvalue weighted by Gasteiger charge is 2.16. The Morgan fingerprint density at radius 2 is 1.85 bits per heavy atom. The highest BCUT2D eigenvalue weighted by molar-refractivity contribution is 6.34. The monoisotopic (exact) mass is 392 g/mol. The molecule has 0 unspecified atom stereocenters. The molecule has 27 heavy (non-hydrogen) atoms. The molecule has 2 aromatic rings. The third kappa shape index (κ3) is 5.20. The SMILES string of the molecule is CCN(CC)C(=O)c1ccc(NC(=O)Cc2ccc(OC)c(F)c2)cc1Cl. The lowest BCUT2D eigenvalue weighted by molar-refractivity contribution is -0.115. The van der Waals surface area contributed by atoms with Crippen molar-refractivity contribution >= 4 is 29.1 Å². The van der Waals surface area contributed by atoms with Crippen molar-refractivity contribution in [2.24, 2.45) is 0 Å². The summed E-state index contributed by atoms with van der Waals surface area (Å²) >= 11 is 6.22. The third-order valence-electron chi connectivity index (χ3n) is 4.11. The number of rotatable bonds is 7. The first kappa shape index (κ1) is 20.7. The first-order chi connectivity index (χ1) is 12.9. The number of ether oxygens (including phenoxy) is 1. The number of nitrogens with zero attached hydrogens (tertiary/aromatic N) is 1. The predicted octanol–water partition coefficient (Wildman–Crippen LogP) is 4.15. The minimum atomic E-state index is -0.523. The van der Waals surface area contributed by atoms with Gasteiger partial charge in [0.1, 0.15) is 0 Å². The summed E-state index contributed by atoms with van der Waals surface area (Å²) in [7, 11) is 1.38. The van der Waals surface area contributed by atoms with Gasteiger partial charge < -0.3 is 15.0 Å². The minimum Gasteiger partial charge on any atom is -0.494 e. The van der Waals surface area contributed by atoms with Gasteiger partial charge in [0, 0.05) is 18.8 Å². The molecule has 0 aliphatic rings. The number of amides is 2. The summed E-state index contributed by atoms with van der Waals surface area (Å²) in [5.41, 5.74) is 1.37. The summed E-state index contributed by atoms with van der Waals surface area (Å²) in [5, 5.41) is 2.96. The van der Waals surface area contributed by atoms with Crippen LogP contribution in [0.1, 0.15) is 29.8 Å². The number of methoxy groups -OCH3 is 1. The molecule has 5 nitrogen and oxygen atoms in total. The zero-order valence-corrected chi connectivity index (χ0v) is 16.3. The summed E-state index contributed by atoms with van der Waals surface area (Å²) < 4.78 is 18.6. The van der Waals surface area contributed by atoms with E-state index in [-0.39, 0.29) is 29.0 Å². The van der Waals surface area contributed by atoms with Crippen LogP contribution in [0.4, 0.5) is 10.1 Å². The van der Waals surface area contributed by atoms with E-state index in [0.717, 1.165) is 0 Å².